The molecule has 7 nitrogen and oxygen atoms in total. The Morgan fingerprint density at radius 2 is 2.00 bits per heavy atom. The quantitative estimate of drug-likeness (QED) is 0.299. The average molecular weight is 376 g/mol. The number of carbonyl (C=O) groups excluding carboxylic acids is 1. The van der Waals surface area contributed by atoms with Crippen LogP contribution in [0.25, 0.3) is 0 Å². The van der Waals surface area contributed by atoms with Gasteiger partial charge in [-0.1, -0.05) is 19.3 Å². The van der Waals surface area contributed by atoms with Gasteiger partial charge in [-0.2, -0.15) is 0 Å². The van der Waals surface area contributed by atoms with Crippen LogP contribution in [0.15, 0.2) is 29.5 Å². The second-order valence-corrected chi connectivity index (χ2v) is 7.15. The number of aromatic nitrogens is 1. The Hall–Kier alpha value is -2.15. The number of amides is 1. The molecule has 1 aromatic rings. The van der Waals surface area contributed by atoms with Crippen molar-refractivity contribution in [3.05, 3.63) is 30.1 Å². The first kappa shape index (κ1) is 21.2. The Bertz CT molecular complexity index is 580. The number of aliphatic hydroxyl groups is 1. The summed E-state index contributed by atoms with van der Waals surface area (Å²) < 4.78 is 0. The summed E-state index contributed by atoms with van der Waals surface area (Å²) in [6.07, 6.45) is 10.0. The van der Waals surface area contributed by atoms with E-state index in [4.69, 9.17) is 4.99 Å². The molecular weight excluding hydrogens is 342 g/mol. The Morgan fingerprint density at radius 3 is 2.67 bits per heavy atom. The van der Waals surface area contributed by atoms with E-state index >= 15 is 0 Å². The van der Waals surface area contributed by atoms with E-state index in [0.717, 1.165) is 38.3 Å². The minimum Gasteiger partial charge on any atom is -0.396 e. The molecule has 0 spiro atoms. The molecule has 0 bridgehead atoms. The topological polar surface area (TPSA) is 98.6 Å². The fraction of sp³-hybridized carbons (Fsp3) is 0.650. The van der Waals surface area contributed by atoms with Crippen LogP contribution in [0.1, 0.15) is 55.8 Å². The highest BCUT2D eigenvalue weighted by Gasteiger charge is 2.31. The minimum atomic E-state index is -0.129. The fourth-order valence-electron chi connectivity index (χ4n) is 3.57. The summed E-state index contributed by atoms with van der Waals surface area (Å²) in [7, 11) is 0. The van der Waals surface area contributed by atoms with Crippen LogP contribution in [0.2, 0.25) is 0 Å². The number of nitrogens with zero attached hydrogens (tertiary/aromatic N) is 2. The lowest BCUT2D eigenvalue weighted by atomic mass is 9.72. The first-order valence-electron chi connectivity index (χ1n) is 10.0. The predicted octanol–water partition coefficient (Wildman–Crippen LogP) is 1.70. The monoisotopic (exact) mass is 375 g/mol. The third-order valence-electron chi connectivity index (χ3n) is 5.10. The van der Waals surface area contributed by atoms with Crippen LogP contribution in [0.3, 0.4) is 0 Å². The molecule has 150 valence electrons. The molecule has 1 saturated carbocycles. The Balaban J connectivity index is 1.81. The molecule has 0 aromatic carbocycles. The van der Waals surface area contributed by atoms with Crippen molar-refractivity contribution < 1.29 is 9.90 Å². The molecule has 1 aliphatic rings. The van der Waals surface area contributed by atoms with Crippen molar-refractivity contribution in [2.24, 2.45) is 10.4 Å². The van der Waals surface area contributed by atoms with Crippen LogP contribution in [-0.2, 0) is 0 Å². The summed E-state index contributed by atoms with van der Waals surface area (Å²) in [4.78, 5) is 20.7. The van der Waals surface area contributed by atoms with Crippen LogP contribution in [0, 0.1) is 5.41 Å². The summed E-state index contributed by atoms with van der Waals surface area (Å²) in [6.45, 7) is 4.85. The maximum atomic E-state index is 12.0. The Morgan fingerprint density at radius 1 is 1.22 bits per heavy atom. The molecule has 2 rings (SSSR count). The van der Waals surface area contributed by atoms with E-state index in [1.165, 1.54) is 19.3 Å². The zero-order valence-corrected chi connectivity index (χ0v) is 16.3. The Labute approximate surface area is 162 Å². The molecule has 0 unspecified atom stereocenters. The number of guanidine groups is 1. The van der Waals surface area contributed by atoms with Crippen molar-refractivity contribution in [1.29, 1.82) is 0 Å². The Kier molecular flexibility index (Phi) is 9.04. The summed E-state index contributed by atoms with van der Waals surface area (Å²) in [5, 5.41) is 18.8. The second-order valence-electron chi connectivity index (χ2n) is 7.15. The molecule has 27 heavy (non-hydrogen) atoms. The van der Waals surface area contributed by atoms with E-state index in [-0.39, 0.29) is 17.9 Å². The summed E-state index contributed by atoms with van der Waals surface area (Å²) in [5.74, 6) is 0.631. The van der Waals surface area contributed by atoms with Gasteiger partial charge in [0.2, 0.25) is 0 Å². The maximum Gasteiger partial charge on any atom is 0.252 e. The third-order valence-corrected chi connectivity index (χ3v) is 5.10. The molecule has 1 fully saturated rings. The first-order valence-corrected chi connectivity index (χ1v) is 10.0. The minimum absolute atomic E-state index is 0.129. The lowest BCUT2D eigenvalue weighted by Gasteiger charge is -2.35. The van der Waals surface area contributed by atoms with E-state index in [1.54, 1.807) is 24.5 Å². The van der Waals surface area contributed by atoms with Gasteiger partial charge in [-0.15, -0.1) is 0 Å². The number of aliphatic hydroxyl groups excluding tert-OH is 1. The van der Waals surface area contributed by atoms with Gasteiger partial charge in [0.15, 0.2) is 5.96 Å². The zero-order valence-electron chi connectivity index (χ0n) is 16.3. The van der Waals surface area contributed by atoms with E-state index in [9.17, 15) is 9.90 Å². The summed E-state index contributed by atoms with van der Waals surface area (Å²) in [5.41, 5.74) is 0.686. The van der Waals surface area contributed by atoms with Gasteiger partial charge >= 0.3 is 0 Å². The van der Waals surface area contributed by atoms with Gasteiger partial charge in [0.1, 0.15) is 0 Å². The largest absolute Gasteiger partial charge is 0.396 e. The highest BCUT2D eigenvalue weighted by molar-refractivity contribution is 5.93. The fourth-order valence-corrected chi connectivity index (χ4v) is 3.57. The van der Waals surface area contributed by atoms with Crippen molar-refractivity contribution in [2.75, 3.05) is 32.8 Å². The van der Waals surface area contributed by atoms with E-state index < -0.39 is 0 Å². The van der Waals surface area contributed by atoms with Crippen LogP contribution in [0.4, 0.5) is 0 Å². The smallest absolute Gasteiger partial charge is 0.252 e. The molecule has 1 aromatic heterocycles. The molecule has 1 heterocycles. The lowest BCUT2D eigenvalue weighted by molar-refractivity contribution is 0.0954. The van der Waals surface area contributed by atoms with Crippen LogP contribution >= 0.6 is 0 Å². The predicted molar refractivity (Wildman–Crippen MR) is 108 cm³/mol. The SMILES string of the molecule is CCNC(=NCC1(CCO)CCCCC1)NCCNC(=O)c1cccnc1. The molecule has 0 atom stereocenters. The van der Waals surface area contributed by atoms with Gasteiger partial charge in [0.05, 0.1) is 5.56 Å². The molecule has 7 heteroatoms. The molecule has 0 aliphatic heterocycles. The van der Waals surface area contributed by atoms with Crippen LogP contribution in [-0.4, -0.2) is 54.7 Å². The van der Waals surface area contributed by atoms with Gasteiger partial charge in [0.25, 0.3) is 5.91 Å². The van der Waals surface area contributed by atoms with E-state index in [1.807, 2.05) is 6.92 Å². The van der Waals surface area contributed by atoms with Crippen molar-refractivity contribution >= 4 is 11.9 Å². The van der Waals surface area contributed by atoms with Gasteiger partial charge < -0.3 is 21.1 Å². The summed E-state index contributed by atoms with van der Waals surface area (Å²) in [6, 6.07) is 3.49. The highest BCUT2D eigenvalue weighted by atomic mass is 16.3. The molecule has 0 saturated heterocycles. The number of nitrogens with one attached hydrogen (secondary N) is 3. The maximum absolute atomic E-state index is 12.0. The second kappa shape index (κ2) is 11.5. The van der Waals surface area contributed by atoms with Gasteiger partial charge in [-0.3, -0.25) is 14.8 Å². The lowest BCUT2D eigenvalue weighted by Crippen LogP contribution is -2.42. The van der Waals surface area contributed by atoms with Crippen molar-refractivity contribution in [3.8, 4) is 0 Å². The molecule has 1 aliphatic carbocycles. The molecular formula is C20H33N5O2. The van der Waals surface area contributed by atoms with Crippen LogP contribution < -0.4 is 16.0 Å². The molecule has 0 radical (unpaired) electrons. The normalized spacial score (nSPS) is 16.6. The highest BCUT2D eigenvalue weighted by Crippen LogP contribution is 2.39. The van der Waals surface area contributed by atoms with E-state index in [2.05, 4.69) is 20.9 Å². The van der Waals surface area contributed by atoms with Crippen LogP contribution in [0.5, 0.6) is 0 Å². The van der Waals surface area contributed by atoms with Crippen molar-refractivity contribution in [2.45, 2.75) is 45.4 Å². The number of aliphatic imine (C=N–C) groups is 1. The summed E-state index contributed by atoms with van der Waals surface area (Å²) >= 11 is 0. The molecule has 1 amide bonds. The average Bonchev–Trinajstić information content (AvgIpc) is 2.71. The van der Waals surface area contributed by atoms with E-state index in [0.29, 0.717) is 18.7 Å². The van der Waals surface area contributed by atoms with Crippen molar-refractivity contribution in [1.82, 2.24) is 20.9 Å². The van der Waals surface area contributed by atoms with Gasteiger partial charge in [-0.25, -0.2) is 0 Å². The standard InChI is InChI=1S/C20H33N5O2/c1-2-22-19(25-16-20(10-14-26)8-4-3-5-9-20)24-13-12-23-18(27)17-7-6-11-21-15-17/h6-7,11,15,26H,2-5,8-10,12-14,16H2,1H3,(H,23,27)(H2,22,24,25). The zero-order chi connectivity index (χ0) is 19.4. The number of rotatable bonds is 9. The van der Waals surface area contributed by atoms with Crippen molar-refractivity contribution in [3.63, 3.8) is 0 Å². The number of hydrogen-bond acceptors (Lipinski definition) is 4. The number of hydrogen-bond donors (Lipinski definition) is 4. The first-order chi connectivity index (χ1) is 13.2. The van der Waals surface area contributed by atoms with Gasteiger partial charge in [-0.05, 0) is 43.7 Å². The number of carbonyl (C=O) groups is 1. The number of pyridine rings is 1. The molecule has 4 N–H and O–H groups in total. The third kappa shape index (κ3) is 7.17. The van der Waals surface area contributed by atoms with Gasteiger partial charge in [0, 0.05) is 45.2 Å².